The van der Waals surface area contributed by atoms with Gasteiger partial charge in [-0.05, 0) is 65.9 Å². The SMILES string of the molecule is Cc1ccc(C(=O)NCCSc2ccc(Cl)cc2)c(I)c1. The van der Waals surface area contributed by atoms with Crippen molar-refractivity contribution in [2.24, 2.45) is 0 Å². The lowest BCUT2D eigenvalue weighted by atomic mass is 10.1. The molecule has 110 valence electrons. The van der Waals surface area contributed by atoms with Crippen LogP contribution in [-0.4, -0.2) is 18.2 Å². The monoisotopic (exact) mass is 431 g/mol. The topological polar surface area (TPSA) is 29.1 Å². The summed E-state index contributed by atoms with van der Waals surface area (Å²) in [6.45, 7) is 2.66. The van der Waals surface area contributed by atoms with Crippen molar-refractivity contribution in [2.75, 3.05) is 12.3 Å². The van der Waals surface area contributed by atoms with Crippen molar-refractivity contribution in [2.45, 2.75) is 11.8 Å². The molecule has 0 aliphatic rings. The number of hydrogen-bond donors (Lipinski definition) is 1. The molecule has 0 radical (unpaired) electrons. The minimum Gasteiger partial charge on any atom is -0.351 e. The molecule has 1 N–H and O–H groups in total. The van der Waals surface area contributed by atoms with Crippen LogP contribution < -0.4 is 5.32 Å². The van der Waals surface area contributed by atoms with Gasteiger partial charge in [-0.15, -0.1) is 11.8 Å². The van der Waals surface area contributed by atoms with Crippen LogP contribution in [0, 0.1) is 10.5 Å². The molecule has 0 unspecified atom stereocenters. The lowest BCUT2D eigenvalue weighted by molar-refractivity contribution is 0.0955. The summed E-state index contributed by atoms with van der Waals surface area (Å²) in [7, 11) is 0. The highest BCUT2D eigenvalue weighted by atomic mass is 127. The number of carbonyl (C=O) groups is 1. The van der Waals surface area contributed by atoms with Crippen molar-refractivity contribution in [3.05, 3.63) is 62.2 Å². The zero-order valence-corrected chi connectivity index (χ0v) is 15.3. The molecule has 0 aliphatic heterocycles. The predicted molar refractivity (Wildman–Crippen MR) is 98.4 cm³/mol. The Hall–Kier alpha value is -0.720. The number of halogens is 2. The van der Waals surface area contributed by atoms with Gasteiger partial charge in [0.05, 0.1) is 5.56 Å². The molecule has 2 rings (SSSR count). The number of amides is 1. The Labute approximate surface area is 147 Å². The fourth-order valence-electron chi connectivity index (χ4n) is 1.76. The molecule has 0 aliphatic carbocycles. The average Bonchev–Trinajstić information content (AvgIpc) is 2.45. The lowest BCUT2D eigenvalue weighted by Crippen LogP contribution is -2.26. The molecule has 5 heteroatoms. The fraction of sp³-hybridized carbons (Fsp3) is 0.188. The molecule has 0 saturated carbocycles. The molecule has 0 atom stereocenters. The van der Waals surface area contributed by atoms with Gasteiger partial charge in [0, 0.05) is 25.8 Å². The van der Waals surface area contributed by atoms with Crippen LogP contribution in [0.2, 0.25) is 5.02 Å². The van der Waals surface area contributed by atoms with E-state index in [-0.39, 0.29) is 5.91 Å². The number of benzene rings is 2. The Bertz CT molecular complexity index is 631. The molecule has 0 heterocycles. The van der Waals surface area contributed by atoms with Gasteiger partial charge >= 0.3 is 0 Å². The maximum atomic E-state index is 12.1. The maximum absolute atomic E-state index is 12.1. The van der Waals surface area contributed by atoms with Crippen molar-refractivity contribution < 1.29 is 4.79 Å². The Kier molecular flexibility index (Phi) is 6.39. The van der Waals surface area contributed by atoms with Gasteiger partial charge < -0.3 is 5.32 Å². The Morgan fingerprint density at radius 1 is 1.24 bits per heavy atom. The Balaban J connectivity index is 1.80. The highest BCUT2D eigenvalue weighted by Crippen LogP contribution is 2.20. The van der Waals surface area contributed by atoms with Crippen molar-refractivity contribution >= 4 is 51.9 Å². The molecule has 2 nitrogen and oxygen atoms in total. The summed E-state index contributed by atoms with van der Waals surface area (Å²) in [5.41, 5.74) is 1.90. The van der Waals surface area contributed by atoms with Gasteiger partial charge in [0.15, 0.2) is 0 Å². The van der Waals surface area contributed by atoms with Gasteiger partial charge in [0.25, 0.3) is 5.91 Å². The summed E-state index contributed by atoms with van der Waals surface area (Å²) in [6.07, 6.45) is 0. The molecule has 0 aromatic heterocycles. The van der Waals surface area contributed by atoms with Crippen molar-refractivity contribution in [1.29, 1.82) is 0 Å². The number of hydrogen-bond acceptors (Lipinski definition) is 2. The highest BCUT2D eigenvalue weighted by Gasteiger charge is 2.09. The van der Waals surface area contributed by atoms with Crippen molar-refractivity contribution in [3.8, 4) is 0 Å². The second-order valence-electron chi connectivity index (χ2n) is 4.54. The fourth-order valence-corrected chi connectivity index (χ4v) is 3.57. The quantitative estimate of drug-likeness (QED) is 0.419. The zero-order chi connectivity index (χ0) is 15.2. The van der Waals surface area contributed by atoms with E-state index in [2.05, 4.69) is 27.9 Å². The van der Waals surface area contributed by atoms with E-state index in [1.54, 1.807) is 11.8 Å². The predicted octanol–water partition coefficient (Wildman–Crippen LogP) is 4.78. The average molecular weight is 432 g/mol. The molecular weight excluding hydrogens is 417 g/mol. The lowest BCUT2D eigenvalue weighted by Gasteiger charge is -2.07. The first-order valence-corrected chi connectivity index (χ1v) is 8.93. The van der Waals surface area contributed by atoms with Crippen LogP contribution in [0.5, 0.6) is 0 Å². The van der Waals surface area contributed by atoms with Crippen LogP contribution >= 0.6 is 46.0 Å². The highest BCUT2D eigenvalue weighted by molar-refractivity contribution is 14.1. The Morgan fingerprint density at radius 2 is 1.95 bits per heavy atom. The number of aryl methyl sites for hydroxylation is 1. The van der Waals surface area contributed by atoms with Gasteiger partial charge in [-0.25, -0.2) is 0 Å². The van der Waals surface area contributed by atoms with Gasteiger partial charge in [-0.1, -0.05) is 23.2 Å². The van der Waals surface area contributed by atoms with Crippen LogP contribution in [0.15, 0.2) is 47.4 Å². The smallest absolute Gasteiger partial charge is 0.252 e. The summed E-state index contributed by atoms with van der Waals surface area (Å²) in [4.78, 5) is 13.2. The molecule has 0 bridgehead atoms. The third-order valence-electron chi connectivity index (χ3n) is 2.84. The summed E-state index contributed by atoms with van der Waals surface area (Å²) >= 11 is 9.74. The van der Waals surface area contributed by atoms with Crippen LogP contribution in [0.25, 0.3) is 0 Å². The molecule has 0 fully saturated rings. The summed E-state index contributed by atoms with van der Waals surface area (Å²) < 4.78 is 0.982. The van der Waals surface area contributed by atoms with Gasteiger partial charge in [-0.2, -0.15) is 0 Å². The zero-order valence-electron chi connectivity index (χ0n) is 11.5. The molecule has 1 amide bonds. The number of nitrogens with one attached hydrogen (secondary N) is 1. The number of thioether (sulfide) groups is 1. The van der Waals surface area contributed by atoms with E-state index >= 15 is 0 Å². The van der Waals surface area contributed by atoms with Gasteiger partial charge in [0.2, 0.25) is 0 Å². The molecule has 0 saturated heterocycles. The molecule has 2 aromatic carbocycles. The standard InChI is InChI=1S/C16H15ClINOS/c1-11-2-7-14(15(18)10-11)16(20)19-8-9-21-13-5-3-12(17)4-6-13/h2-7,10H,8-9H2,1H3,(H,19,20). The molecule has 2 aromatic rings. The first-order chi connectivity index (χ1) is 10.1. The van der Waals surface area contributed by atoms with Gasteiger partial charge in [0.1, 0.15) is 0 Å². The molecular formula is C16H15ClINOS. The van der Waals surface area contributed by atoms with Crippen molar-refractivity contribution in [1.82, 2.24) is 5.32 Å². The molecule has 0 spiro atoms. The first-order valence-electron chi connectivity index (χ1n) is 6.49. The summed E-state index contributed by atoms with van der Waals surface area (Å²) in [5.74, 6) is 0.812. The van der Waals surface area contributed by atoms with E-state index in [0.717, 1.165) is 30.4 Å². The maximum Gasteiger partial charge on any atom is 0.252 e. The van der Waals surface area contributed by atoms with E-state index in [1.165, 1.54) is 0 Å². The van der Waals surface area contributed by atoms with E-state index in [9.17, 15) is 4.79 Å². The number of rotatable bonds is 5. The van der Waals surface area contributed by atoms with Crippen LogP contribution in [-0.2, 0) is 0 Å². The van der Waals surface area contributed by atoms with E-state index < -0.39 is 0 Å². The third-order valence-corrected chi connectivity index (χ3v) is 5.00. The van der Waals surface area contributed by atoms with Crippen molar-refractivity contribution in [3.63, 3.8) is 0 Å². The third kappa shape index (κ3) is 5.20. The Morgan fingerprint density at radius 3 is 2.62 bits per heavy atom. The molecule has 21 heavy (non-hydrogen) atoms. The summed E-state index contributed by atoms with van der Waals surface area (Å²) in [6, 6.07) is 13.6. The van der Waals surface area contributed by atoms with Gasteiger partial charge in [-0.3, -0.25) is 4.79 Å². The summed E-state index contributed by atoms with van der Waals surface area (Å²) in [5, 5.41) is 3.69. The second-order valence-corrected chi connectivity index (χ2v) is 7.31. The minimum atomic E-state index is -0.0175. The van der Waals surface area contributed by atoms with E-state index in [1.807, 2.05) is 49.4 Å². The van der Waals surface area contributed by atoms with E-state index in [4.69, 9.17) is 11.6 Å². The number of carbonyl (C=O) groups excluding carboxylic acids is 1. The normalized spacial score (nSPS) is 10.4. The largest absolute Gasteiger partial charge is 0.351 e. The van der Waals surface area contributed by atoms with Crippen LogP contribution in [0.1, 0.15) is 15.9 Å². The minimum absolute atomic E-state index is 0.0175. The second kappa shape index (κ2) is 8.06. The van der Waals surface area contributed by atoms with Crippen LogP contribution in [0.4, 0.5) is 0 Å². The van der Waals surface area contributed by atoms with Crippen LogP contribution in [0.3, 0.4) is 0 Å². The first kappa shape index (κ1) is 16.6. The van der Waals surface area contributed by atoms with E-state index in [0.29, 0.717) is 6.54 Å².